The summed E-state index contributed by atoms with van der Waals surface area (Å²) in [7, 11) is 0. The van der Waals surface area contributed by atoms with E-state index in [1.807, 2.05) is 18.2 Å². The molecule has 4 rings (SSSR count). The summed E-state index contributed by atoms with van der Waals surface area (Å²) < 4.78 is 0. The van der Waals surface area contributed by atoms with Crippen molar-refractivity contribution in [1.29, 1.82) is 0 Å². The molecular weight excluding hydrogens is 301 g/mol. The van der Waals surface area contributed by atoms with Gasteiger partial charge in [0.15, 0.2) is 0 Å². The van der Waals surface area contributed by atoms with Gasteiger partial charge in [-0.1, -0.05) is 71.7 Å². The zero-order chi connectivity index (χ0) is 14.4. The van der Waals surface area contributed by atoms with E-state index in [2.05, 4.69) is 41.4 Å². The van der Waals surface area contributed by atoms with E-state index in [0.29, 0.717) is 10.0 Å². The van der Waals surface area contributed by atoms with Crippen LogP contribution in [0, 0.1) is 0 Å². The molecule has 4 aromatic rings. The Balaban J connectivity index is 2.12. The van der Waals surface area contributed by atoms with Crippen LogP contribution in [0.2, 0.25) is 10.0 Å². The van der Waals surface area contributed by atoms with Crippen molar-refractivity contribution in [2.45, 2.75) is 0 Å². The van der Waals surface area contributed by atoms with Crippen molar-refractivity contribution in [2.24, 2.45) is 0 Å². The highest BCUT2D eigenvalue weighted by Crippen LogP contribution is 2.38. The Hall–Kier alpha value is -1.96. The lowest BCUT2D eigenvalue weighted by atomic mass is 10.0. The summed E-state index contributed by atoms with van der Waals surface area (Å²) in [6, 6.07) is 20.2. The van der Waals surface area contributed by atoms with Crippen molar-refractivity contribution in [3.05, 3.63) is 70.7 Å². The molecule has 0 saturated carbocycles. The molecule has 3 heteroatoms. The first-order valence-corrected chi connectivity index (χ1v) is 7.45. The highest BCUT2D eigenvalue weighted by molar-refractivity contribution is 6.44. The molecule has 1 heterocycles. The van der Waals surface area contributed by atoms with Crippen LogP contribution in [-0.4, -0.2) is 4.98 Å². The number of hydrogen-bond acceptors (Lipinski definition) is 0. The number of H-pyrrole nitrogens is 1. The van der Waals surface area contributed by atoms with Crippen LogP contribution in [0.25, 0.3) is 32.9 Å². The summed E-state index contributed by atoms with van der Waals surface area (Å²) >= 11 is 12.5. The monoisotopic (exact) mass is 311 g/mol. The van der Waals surface area contributed by atoms with E-state index in [-0.39, 0.29) is 0 Å². The van der Waals surface area contributed by atoms with Crippen LogP contribution >= 0.6 is 23.2 Å². The van der Waals surface area contributed by atoms with Gasteiger partial charge < -0.3 is 4.98 Å². The smallest absolute Gasteiger partial charge is 0.0671 e. The van der Waals surface area contributed by atoms with Gasteiger partial charge in [0.2, 0.25) is 0 Å². The molecule has 1 nitrogen and oxygen atoms in total. The van der Waals surface area contributed by atoms with Gasteiger partial charge in [0, 0.05) is 27.4 Å². The molecule has 0 aliphatic rings. The third-order valence-electron chi connectivity index (χ3n) is 3.78. The average Bonchev–Trinajstić information content (AvgIpc) is 2.89. The summed E-state index contributed by atoms with van der Waals surface area (Å²) in [5.41, 5.74) is 4.22. The maximum atomic E-state index is 6.38. The minimum atomic E-state index is 0.572. The number of halogens is 2. The molecule has 0 unspecified atom stereocenters. The van der Waals surface area contributed by atoms with Crippen LogP contribution in [0.15, 0.2) is 60.7 Å². The Morgan fingerprint density at radius 1 is 0.667 bits per heavy atom. The number of fused-ring (bicyclic) bond motifs is 3. The quantitative estimate of drug-likeness (QED) is 0.425. The molecule has 0 aliphatic heterocycles. The van der Waals surface area contributed by atoms with Crippen molar-refractivity contribution < 1.29 is 0 Å². The largest absolute Gasteiger partial charge is 0.354 e. The predicted octanol–water partition coefficient (Wildman–Crippen LogP) is 6.29. The van der Waals surface area contributed by atoms with Gasteiger partial charge >= 0.3 is 0 Å². The van der Waals surface area contributed by atoms with Gasteiger partial charge in [-0.15, -0.1) is 0 Å². The predicted molar refractivity (Wildman–Crippen MR) is 91.3 cm³/mol. The van der Waals surface area contributed by atoms with Crippen molar-refractivity contribution >= 4 is 45.0 Å². The fraction of sp³-hybridized carbons (Fsp3) is 0. The SMILES string of the molecule is Clc1cccc(-c2cccc3c2[nH]c2ccccc23)c1Cl. The van der Waals surface area contributed by atoms with Crippen molar-refractivity contribution in [2.75, 3.05) is 0 Å². The van der Waals surface area contributed by atoms with Gasteiger partial charge in [-0.05, 0) is 12.1 Å². The van der Waals surface area contributed by atoms with Gasteiger partial charge in [-0.3, -0.25) is 0 Å². The van der Waals surface area contributed by atoms with Crippen molar-refractivity contribution in [3.8, 4) is 11.1 Å². The molecule has 0 saturated heterocycles. The fourth-order valence-electron chi connectivity index (χ4n) is 2.81. The molecule has 21 heavy (non-hydrogen) atoms. The first-order valence-electron chi connectivity index (χ1n) is 6.69. The molecule has 0 spiro atoms. The van der Waals surface area contributed by atoms with E-state index in [1.54, 1.807) is 6.07 Å². The maximum absolute atomic E-state index is 6.38. The standard InChI is InChI=1S/C18H11Cl2N/c19-15-9-4-6-12(17(15)20)14-8-3-7-13-11-5-1-2-10-16(11)21-18(13)14/h1-10,21H. The summed E-state index contributed by atoms with van der Waals surface area (Å²) in [5, 5.41) is 3.57. The number of aromatic nitrogens is 1. The fourth-order valence-corrected chi connectivity index (χ4v) is 3.21. The van der Waals surface area contributed by atoms with Crippen LogP contribution in [-0.2, 0) is 0 Å². The lowest BCUT2D eigenvalue weighted by molar-refractivity contribution is 1.53. The highest BCUT2D eigenvalue weighted by Gasteiger charge is 2.12. The van der Waals surface area contributed by atoms with Gasteiger partial charge in [-0.25, -0.2) is 0 Å². The number of para-hydroxylation sites is 2. The third kappa shape index (κ3) is 1.93. The molecule has 0 bridgehead atoms. The minimum absolute atomic E-state index is 0.572. The van der Waals surface area contributed by atoms with Gasteiger partial charge in [0.25, 0.3) is 0 Å². The minimum Gasteiger partial charge on any atom is -0.354 e. The second-order valence-electron chi connectivity index (χ2n) is 5.00. The Bertz CT molecular complexity index is 969. The van der Waals surface area contributed by atoms with E-state index >= 15 is 0 Å². The van der Waals surface area contributed by atoms with Gasteiger partial charge in [-0.2, -0.15) is 0 Å². The number of nitrogens with one attached hydrogen (secondary N) is 1. The summed E-state index contributed by atoms with van der Waals surface area (Å²) in [4.78, 5) is 3.49. The molecule has 0 aliphatic carbocycles. The lowest BCUT2D eigenvalue weighted by Crippen LogP contribution is -1.82. The van der Waals surface area contributed by atoms with E-state index in [0.717, 1.165) is 22.2 Å². The Kier molecular flexibility index (Phi) is 2.91. The maximum Gasteiger partial charge on any atom is 0.0671 e. The molecule has 102 valence electrons. The first-order chi connectivity index (χ1) is 10.3. The molecular formula is C18H11Cl2N. The Morgan fingerprint density at radius 3 is 2.29 bits per heavy atom. The zero-order valence-electron chi connectivity index (χ0n) is 11.0. The van der Waals surface area contributed by atoms with Crippen LogP contribution in [0.4, 0.5) is 0 Å². The van der Waals surface area contributed by atoms with E-state index in [1.165, 1.54) is 10.8 Å². The molecule has 0 atom stereocenters. The highest BCUT2D eigenvalue weighted by atomic mass is 35.5. The zero-order valence-corrected chi connectivity index (χ0v) is 12.5. The molecule has 1 N–H and O–H groups in total. The van der Waals surface area contributed by atoms with E-state index < -0.39 is 0 Å². The number of benzene rings is 3. The second kappa shape index (κ2) is 4.80. The Morgan fingerprint density at radius 2 is 1.38 bits per heavy atom. The summed E-state index contributed by atoms with van der Waals surface area (Å²) in [6.45, 7) is 0. The Labute approximate surface area is 132 Å². The topological polar surface area (TPSA) is 15.8 Å². The number of rotatable bonds is 1. The summed E-state index contributed by atoms with van der Waals surface area (Å²) in [5.74, 6) is 0. The van der Waals surface area contributed by atoms with E-state index in [9.17, 15) is 0 Å². The number of hydrogen-bond donors (Lipinski definition) is 1. The van der Waals surface area contributed by atoms with Crippen LogP contribution < -0.4 is 0 Å². The third-order valence-corrected chi connectivity index (χ3v) is 4.60. The molecule has 1 aromatic heterocycles. The number of aromatic amines is 1. The van der Waals surface area contributed by atoms with Crippen LogP contribution in [0.5, 0.6) is 0 Å². The molecule has 0 amide bonds. The van der Waals surface area contributed by atoms with Crippen molar-refractivity contribution in [1.82, 2.24) is 4.98 Å². The van der Waals surface area contributed by atoms with Gasteiger partial charge in [0.05, 0.1) is 15.6 Å². The molecule has 0 fully saturated rings. The van der Waals surface area contributed by atoms with Crippen LogP contribution in [0.1, 0.15) is 0 Å². The second-order valence-corrected chi connectivity index (χ2v) is 5.79. The molecule has 0 radical (unpaired) electrons. The van der Waals surface area contributed by atoms with Crippen LogP contribution in [0.3, 0.4) is 0 Å². The lowest BCUT2D eigenvalue weighted by Gasteiger charge is -2.07. The first kappa shape index (κ1) is 12.8. The molecule has 3 aromatic carbocycles. The normalized spacial score (nSPS) is 11.3. The van der Waals surface area contributed by atoms with Gasteiger partial charge in [0.1, 0.15) is 0 Å². The van der Waals surface area contributed by atoms with Crippen molar-refractivity contribution in [3.63, 3.8) is 0 Å². The average molecular weight is 312 g/mol. The van der Waals surface area contributed by atoms with E-state index in [4.69, 9.17) is 23.2 Å². The summed E-state index contributed by atoms with van der Waals surface area (Å²) in [6.07, 6.45) is 0.